The van der Waals surface area contributed by atoms with Gasteiger partial charge in [0, 0.05) is 31.1 Å². The quantitative estimate of drug-likeness (QED) is 0.631. The van der Waals surface area contributed by atoms with Crippen LogP contribution in [0.15, 0.2) is 21.7 Å². The first kappa shape index (κ1) is 16.3. The molecule has 0 aromatic carbocycles. The maximum absolute atomic E-state index is 12.1. The fraction of sp³-hybridized carbons (Fsp3) is 0.571. The first-order valence-corrected chi connectivity index (χ1v) is 8.65. The zero-order chi connectivity index (χ0) is 15.6. The minimum Gasteiger partial charge on any atom is -0.462 e. The van der Waals surface area contributed by atoms with E-state index in [-0.39, 0.29) is 16.6 Å². The number of esters is 1. The van der Waals surface area contributed by atoms with Crippen LogP contribution in [-0.4, -0.2) is 47.5 Å². The molecule has 0 bridgehead atoms. The van der Waals surface area contributed by atoms with Gasteiger partial charge in [-0.3, -0.25) is 4.79 Å². The largest absolute Gasteiger partial charge is 0.462 e. The highest BCUT2D eigenvalue weighted by Gasteiger charge is 2.44. The summed E-state index contributed by atoms with van der Waals surface area (Å²) in [4.78, 5) is 26.5. The van der Waals surface area contributed by atoms with Crippen LogP contribution in [0, 0.1) is 0 Å². The number of amides is 1. The molecule has 0 unspecified atom stereocenters. The number of hydrogen-bond donors (Lipinski definition) is 1. The maximum Gasteiger partial charge on any atom is 0.347 e. The van der Waals surface area contributed by atoms with Gasteiger partial charge in [-0.1, -0.05) is 11.8 Å². The van der Waals surface area contributed by atoms with Crippen molar-refractivity contribution in [1.82, 2.24) is 10.2 Å². The van der Waals surface area contributed by atoms with Gasteiger partial charge in [-0.05, 0) is 20.8 Å². The minimum absolute atomic E-state index is 0.129. The molecule has 0 aromatic heterocycles. The van der Waals surface area contributed by atoms with Crippen LogP contribution < -0.4 is 5.32 Å². The molecule has 5 nitrogen and oxygen atoms in total. The van der Waals surface area contributed by atoms with Crippen LogP contribution in [0.5, 0.6) is 0 Å². The SMILES string of the molecule is CCOC(=O)C1=C2SC(C)(C)C(=CC(=O)NC)N2CCS1. The lowest BCUT2D eigenvalue weighted by Crippen LogP contribution is -2.31. The summed E-state index contributed by atoms with van der Waals surface area (Å²) in [6.45, 7) is 7.08. The number of thioether (sulfide) groups is 2. The second-order valence-corrected chi connectivity index (χ2v) is 7.83. The molecule has 1 N–H and O–H groups in total. The highest BCUT2D eigenvalue weighted by atomic mass is 32.2. The second kappa shape index (κ2) is 6.36. The lowest BCUT2D eigenvalue weighted by atomic mass is 10.1. The van der Waals surface area contributed by atoms with Crippen LogP contribution in [0.4, 0.5) is 0 Å². The molecule has 2 aliphatic heterocycles. The van der Waals surface area contributed by atoms with Crippen LogP contribution in [0.2, 0.25) is 0 Å². The predicted molar refractivity (Wildman–Crippen MR) is 86.6 cm³/mol. The summed E-state index contributed by atoms with van der Waals surface area (Å²) in [6.07, 6.45) is 1.62. The van der Waals surface area contributed by atoms with Gasteiger partial charge < -0.3 is 15.0 Å². The van der Waals surface area contributed by atoms with Gasteiger partial charge in [-0.25, -0.2) is 4.79 Å². The average Bonchev–Trinajstić information content (AvgIpc) is 2.69. The van der Waals surface area contributed by atoms with Crippen LogP contribution >= 0.6 is 23.5 Å². The van der Waals surface area contributed by atoms with Gasteiger partial charge in [0.05, 0.1) is 16.4 Å². The van der Waals surface area contributed by atoms with E-state index >= 15 is 0 Å². The van der Waals surface area contributed by atoms with Crippen molar-refractivity contribution in [2.24, 2.45) is 0 Å². The van der Waals surface area contributed by atoms with Gasteiger partial charge in [0.25, 0.3) is 0 Å². The molecule has 0 aliphatic carbocycles. The molecule has 21 heavy (non-hydrogen) atoms. The Morgan fingerprint density at radius 1 is 1.48 bits per heavy atom. The number of likely N-dealkylation sites (N-methyl/N-ethyl adjacent to an activating group) is 1. The number of carbonyl (C=O) groups is 2. The Morgan fingerprint density at radius 3 is 2.81 bits per heavy atom. The number of fused-ring (bicyclic) bond motifs is 1. The van der Waals surface area contributed by atoms with E-state index in [2.05, 4.69) is 24.1 Å². The fourth-order valence-electron chi connectivity index (χ4n) is 2.27. The van der Waals surface area contributed by atoms with Crippen molar-refractivity contribution in [3.63, 3.8) is 0 Å². The Bertz CT molecular complexity index is 526. The van der Waals surface area contributed by atoms with E-state index in [0.717, 1.165) is 23.0 Å². The summed E-state index contributed by atoms with van der Waals surface area (Å²) in [6, 6.07) is 0. The summed E-state index contributed by atoms with van der Waals surface area (Å²) in [7, 11) is 1.61. The number of carbonyl (C=O) groups excluding carboxylic acids is 2. The summed E-state index contributed by atoms with van der Waals surface area (Å²) < 4.78 is 4.89. The Balaban J connectivity index is 2.42. The highest BCUT2D eigenvalue weighted by molar-refractivity contribution is 8.08. The fourth-order valence-corrected chi connectivity index (χ4v) is 4.69. The Hall–Kier alpha value is -1.08. The van der Waals surface area contributed by atoms with Crippen molar-refractivity contribution in [2.75, 3.05) is 26.0 Å². The van der Waals surface area contributed by atoms with Crippen molar-refractivity contribution >= 4 is 35.4 Å². The molecule has 2 aliphatic rings. The standard InChI is InChI=1S/C14H20N2O3S2/c1-5-19-13(18)11-12-16(6-7-20-11)9(8-10(17)15-4)14(2,3)21-12/h8H,5-7H2,1-4H3,(H,15,17). The lowest BCUT2D eigenvalue weighted by Gasteiger charge is -2.28. The van der Waals surface area contributed by atoms with Gasteiger partial charge in [0.2, 0.25) is 5.91 Å². The van der Waals surface area contributed by atoms with Crippen LogP contribution in [-0.2, 0) is 14.3 Å². The molecule has 1 fully saturated rings. The lowest BCUT2D eigenvalue weighted by molar-refractivity contribution is -0.137. The van der Waals surface area contributed by atoms with Gasteiger partial charge in [0.15, 0.2) is 0 Å². The smallest absolute Gasteiger partial charge is 0.347 e. The van der Waals surface area contributed by atoms with Crippen molar-refractivity contribution < 1.29 is 14.3 Å². The molecule has 1 amide bonds. The molecule has 116 valence electrons. The number of ether oxygens (including phenoxy) is 1. The molecule has 0 radical (unpaired) electrons. The van der Waals surface area contributed by atoms with E-state index in [1.54, 1.807) is 31.8 Å². The average molecular weight is 328 g/mol. The molecule has 2 rings (SSSR count). The highest BCUT2D eigenvalue weighted by Crippen LogP contribution is 2.53. The van der Waals surface area contributed by atoms with E-state index in [9.17, 15) is 9.59 Å². The summed E-state index contributed by atoms with van der Waals surface area (Å²) >= 11 is 3.14. The molecule has 0 atom stereocenters. The number of nitrogens with one attached hydrogen (secondary N) is 1. The molecule has 0 aromatic rings. The molecular weight excluding hydrogens is 308 g/mol. The zero-order valence-corrected chi connectivity index (χ0v) is 14.3. The molecule has 0 saturated carbocycles. The third kappa shape index (κ3) is 3.23. The third-order valence-corrected chi connectivity index (χ3v) is 5.74. The normalized spacial score (nSPS) is 22.3. The van der Waals surface area contributed by atoms with Crippen LogP contribution in [0.25, 0.3) is 0 Å². The molecule has 2 heterocycles. The summed E-state index contributed by atoms with van der Waals surface area (Å²) in [5, 5.41) is 3.52. The number of hydrogen-bond acceptors (Lipinski definition) is 6. The van der Waals surface area contributed by atoms with E-state index in [1.807, 2.05) is 0 Å². The van der Waals surface area contributed by atoms with E-state index in [4.69, 9.17) is 4.74 Å². The second-order valence-electron chi connectivity index (χ2n) is 5.11. The summed E-state index contributed by atoms with van der Waals surface area (Å²) in [5.41, 5.74) is 0.934. The van der Waals surface area contributed by atoms with Crippen LogP contribution in [0.3, 0.4) is 0 Å². The van der Waals surface area contributed by atoms with E-state index in [0.29, 0.717) is 11.5 Å². The molecule has 1 saturated heterocycles. The van der Waals surface area contributed by atoms with E-state index < -0.39 is 0 Å². The first-order valence-electron chi connectivity index (χ1n) is 6.85. The maximum atomic E-state index is 12.1. The zero-order valence-electron chi connectivity index (χ0n) is 12.7. The molecule has 7 heteroatoms. The Labute approximate surface area is 133 Å². The monoisotopic (exact) mass is 328 g/mol. The van der Waals surface area contributed by atoms with Crippen molar-refractivity contribution in [3.8, 4) is 0 Å². The molecule has 0 spiro atoms. The van der Waals surface area contributed by atoms with Crippen molar-refractivity contribution in [1.29, 1.82) is 0 Å². The Morgan fingerprint density at radius 2 is 2.19 bits per heavy atom. The number of rotatable bonds is 3. The van der Waals surface area contributed by atoms with Crippen molar-refractivity contribution in [2.45, 2.75) is 25.5 Å². The first-order chi connectivity index (χ1) is 9.90. The topological polar surface area (TPSA) is 58.6 Å². The predicted octanol–water partition coefficient (Wildman–Crippen LogP) is 1.92. The Kier molecular flexibility index (Phi) is 4.93. The van der Waals surface area contributed by atoms with Gasteiger partial charge in [0.1, 0.15) is 4.91 Å². The van der Waals surface area contributed by atoms with E-state index in [1.165, 1.54) is 11.8 Å². The molecular formula is C14H20N2O3S2. The summed E-state index contributed by atoms with van der Waals surface area (Å²) in [5.74, 6) is 0.404. The minimum atomic E-state index is -0.272. The van der Waals surface area contributed by atoms with Gasteiger partial charge >= 0.3 is 5.97 Å². The van der Waals surface area contributed by atoms with Crippen LogP contribution in [0.1, 0.15) is 20.8 Å². The third-order valence-electron chi connectivity index (χ3n) is 3.24. The van der Waals surface area contributed by atoms with Gasteiger partial charge in [-0.15, -0.1) is 11.8 Å². The van der Waals surface area contributed by atoms with Crippen molar-refractivity contribution in [3.05, 3.63) is 21.7 Å². The van der Waals surface area contributed by atoms with Gasteiger partial charge in [-0.2, -0.15) is 0 Å². The number of nitrogens with zero attached hydrogens (tertiary/aromatic N) is 1.